The molecule has 1 amide bonds. The molecule has 3 heterocycles. The van der Waals surface area contributed by atoms with Crippen LogP contribution in [0, 0.1) is 29.5 Å². The van der Waals surface area contributed by atoms with Crippen molar-refractivity contribution in [3.8, 4) is 5.75 Å². The number of hydrogen-bond acceptors (Lipinski definition) is 5. The number of amides is 1. The first kappa shape index (κ1) is 21.5. The Bertz CT molecular complexity index is 1200. The zero-order valence-corrected chi connectivity index (χ0v) is 19.2. The monoisotopic (exact) mass is 464 g/mol. The van der Waals surface area contributed by atoms with Crippen LogP contribution in [0.1, 0.15) is 38.6 Å². The first-order valence-electron chi connectivity index (χ1n) is 12.2. The van der Waals surface area contributed by atoms with Crippen LogP contribution in [-0.2, 0) is 9.53 Å². The van der Waals surface area contributed by atoms with Gasteiger partial charge in [-0.3, -0.25) is 14.5 Å². The van der Waals surface area contributed by atoms with E-state index < -0.39 is 0 Å². The molecule has 3 fully saturated rings. The lowest BCUT2D eigenvalue weighted by Gasteiger charge is -2.22. The SMILES string of the molecule is CC(C(=O)Nc1cnn(C2CCOCC2)c1)[C@H]1[C@@H]2C[C@@H](Oc3ccnc4ccc(F)cc34)C[C@@H]21. The Kier molecular flexibility index (Phi) is 5.48. The highest BCUT2D eigenvalue weighted by atomic mass is 19.1. The molecular weight excluding hydrogens is 435 g/mol. The van der Waals surface area contributed by atoms with Crippen molar-refractivity contribution in [2.45, 2.75) is 44.8 Å². The fourth-order valence-corrected chi connectivity index (χ4v) is 6.04. The summed E-state index contributed by atoms with van der Waals surface area (Å²) in [4.78, 5) is 17.2. The van der Waals surface area contributed by atoms with E-state index in [0.29, 0.717) is 34.9 Å². The Morgan fingerprint density at radius 3 is 2.82 bits per heavy atom. The molecule has 1 saturated heterocycles. The highest BCUT2D eigenvalue weighted by molar-refractivity contribution is 5.92. The van der Waals surface area contributed by atoms with Gasteiger partial charge in [-0.2, -0.15) is 5.10 Å². The van der Waals surface area contributed by atoms with Crippen molar-refractivity contribution in [2.75, 3.05) is 18.5 Å². The van der Waals surface area contributed by atoms with Gasteiger partial charge in [-0.15, -0.1) is 0 Å². The number of halogens is 1. The second kappa shape index (κ2) is 8.65. The van der Waals surface area contributed by atoms with Crippen molar-refractivity contribution in [2.24, 2.45) is 23.7 Å². The number of anilines is 1. The van der Waals surface area contributed by atoms with E-state index in [2.05, 4.69) is 15.4 Å². The van der Waals surface area contributed by atoms with E-state index in [4.69, 9.17) is 9.47 Å². The maximum absolute atomic E-state index is 13.7. The summed E-state index contributed by atoms with van der Waals surface area (Å²) < 4.78 is 27.4. The summed E-state index contributed by atoms with van der Waals surface area (Å²) in [6, 6.07) is 6.71. The second-order valence-electron chi connectivity index (χ2n) is 9.92. The highest BCUT2D eigenvalue weighted by Gasteiger charge is 2.59. The third-order valence-electron chi connectivity index (χ3n) is 7.85. The van der Waals surface area contributed by atoms with E-state index >= 15 is 0 Å². The number of aromatic nitrogens is 3. The van der Waals surface area contributed by atoms with Gasteiger partial charge in [0.25, 0.3) is 0 Å². The largest absolute Gasteiger partial charge is 0.490 e. The van der Waals surface area contributed by atoms with Crippen LogP contribution in [-0.4, -0.2) is 40.0 Å². The van der Waals surface area contributed by atoms with E-state index in [1.807, 2.05) is 17.8 Å². The Hall–Kier alpha value is -3.00. The number of hydrogen-bond donors (Lipinski definition) is 1. The van der Waals surface area contributed by atoms with E-state index in [9.17, 15) is 9.18 Å². The van der Waals surface area contributed by atoms with Crippen molar-refractivity contribution < 1.29 is 18.7 Å². The number of carbonyl (C=O) groups is 1. The Morgan fingerprint density at radius 1 is 1.24 bits per heavy atom. The topological polar surface area (TPSA) is 78.3 Å². The molecule has 1 aliphatic heterocycles. The first-order valence-corrected chi connectivity index (χ1v) is 12.2. The number of nitrogens with zero attached hydrogens (tertiary/aromatic N) is 3. The zero-order chi connectivity index (χ0) is 23.2. The number of pyridine rings is 1. The predicted molar refractivity (Wildman–Crippen MR) is 125 cm³/mol. The van der Waals surface area contributed by atoms with Crippen molar-refractivity contribution in [1.29, 1.82) is 0 Å². The van der Waals surface area contributed by atoms with Crippen LogP contribution in [0.5, 0.6) is 5.75 Å². The molecule has 1 aromatic carbocycles. The summed E-state index contributed by atoms with van der Waals surface area (Å²) in [5.74, 6) is 1.77. The van der Waals surface area contributed by atoms with Gasteiger partial charge in [-0.25, -0.2) is 4.39 Å². The summed E-state index contributed by atoms with van der Waals surface area (Å²) in [5, 5.41) is 8.21. The normalized spacial score (nSPS) is 27.4. The van der Waals surface area contributed by atoms with Crippen molar-refractivity contribution in [3.63, 3.8) is 0 Å². The standard InChI is InChI=1S/C26H29FN4O3/c1-15(26(32)30-17-13-29-31(14-17)18-5-8-33-9-6-18)25-20-11-19(12-21(20)25)34-24-4-7-28-23-3-2-16(27)10-22(23)24/h2-4,7,10,13-15,18-21,25H,5-6,8-9,11-12H2,1H3,(H,30,32)/t15?,19-,20-,21+,25+. The molecule has 1 N–H and O–H groups in total. The summed E-state index contributed by atoms with van der Waals surface area (Å²) in [7, 11) is 0. The smallest absolute Gasteiger partial charge is 0.227 e. The van der Waals surface area contributed by atoms with Crippen molar-refractivity contribution in [1.82, 2.24) is 14.8 Å². The van der Waals surface area contributed by atoms with Gasteiger partial charge in [0.2, 0.25) is 5.91 Å². The molecule has 0 radical (unpaired) electrons. The molecule has 1 unspecified atom stereocenters. The lowest BCUT2D eigenvalue weighted by atomic mass is 9.97. The van der Waals surface area contributed by atoms with Gasteiger partial charge in [-0.05, 0) is 67.7 Å². The summed E-state index contributed by atoms with van der Waals surface area (Å²) in [6.07, 6.45) is 9.20. The molecule has 178 valence electrons. The molecule has 0 bridgehead atoms. The quantitative estimate of drug-likeness (QED) is 0.577. The van der Waals surface area contributed by atoms with Crippen LogP contribution >= 0.6 is 0 Å². The number of rotatable bonds is 6. The summed E-state index contributed by atoms with van der Waals surface area (Å²) in [6.45, 7) is 3.54. The summed E-state index contributed by atoms with van der Waals surface area (Å²) >= 11 is 0. The number of ether oxygens (including phenoxy) is 2. The van der Waals surface area contributed by atoms with Crippen LogP contribution in [0.2, 0.25) is 0 Å². The third-order valence-corrected chi connectivity index (χ3v) is 7.85. The minimum atomic E-state index is -0.294. The number of nitrogens with one attached hydrogen (secondary N) is 1. The fourth-order valence-electron chi connectivity index (χ4n) is 6.04. The van der Waals surface area contributed by atoms with Gasteiger partial charge in [0.05, 0.1) is 29.5 Å². The Balaban J connectivity index is 1.04. The highest BCUT2D eigenvalue weighted by Crippen LogP contribution is 2.61. The number of carbonyl (C=O) groups excluding carboxylic acids is 1. The molecule has 3 aromatic rings. The van der Waals surface area contributed by atoms with E-state index in [1.54, 1.807) is 24.5 Å². The molecule has 8 heteroatoms. The third kappa shape index (κ3) is 4.04. The lowest BCUT2D eigenvalue weighted by molar-refractivity contribution is -0.120. The maximum Gasteiger partial charge on any atom is 0.227 e. The first-order chi connectivity index (χ1) is 16.6. The van der Waals surface area contributed by atoms with Gasteiger partial charge in [0, 0.05) is 36.9 Å². The molecule has 3 aliphatic rings. The number of benzene rings is 1. The lowest BCUT2D eigenvalue weighted by Crippen LogP contribution is -2.25. The average Bonchev–Trinajstić information content (AvgIpc) is 3.15. The van der Waals surface area contributed by atoms with Gasteiger partial charge < -0.3 is 14.8 Å². The van der Waals surface area contributed by atoms with Crippen LogP contribution < -0.4 is 10.1 Å². The predicted octanol–water partition coefficient (Wildman–Crippen LogP) is 4.60. The molecule has 2 saturated carbocycles. The van der Waals surface area contributed by atoms with Gasteiger partial charge in [0.1, 0.15) is 11.6 Å². The Morgan fingerprint density at radius 2 is 2.03 bits per heavy atom. The molecule has 2 aliphatic carbocycles. The molecule has 0 spiro atoms. The van der Waals surface area contributed by atoms with Crippen LogP contribution in [0.15, 0.2) is 42.9 Å². The van der Waals surface area contributed by atoms with Crippen LogP contribution in [0.4, 0.5) is 10.1 Å². The minimum absolute atomic E-state index is 0.0546. The summed E-state index contributed by atoms with van der Waals surface area (Å²) in [5.41, 5.74) is 1.48. The molecule has 6 rings (SSSR count). The van der Waals surface area contributed by atoms with Gasteiger partial charge in [0.15, 0.2) is 0 Å². The van der Waals surface area contributed by atoms with Crippen LogP contribution in [0.3, 0.4) is 0 Å². The van der Waals surface area contributed by atoms with E-state index in [0.717, 1.165) is 50.1 Å². The zero-order valence-electron chi connectivity index (χ0n) is 19.2. The van der Waals surface area contributed by atoms with E-state index in [-0.39, 0.29) is 23.7 Å². The van der Waals surface area contributed by atoms with Gasteiger partial charge >= 0.3 is 0 Å². The molecular formula is C26H29FN4O3. The minimum Gasteiger partial charge on any atom is -0.490 e. The number of fused-ring (bicyclic) bond motifs is 2. The van der Waals surface area contributed by atoms with Crippen molar-refractivity contribution >= 4 is 22.5 Å². The fraction of sp³-hybridized carbons (Fsp3) is 0.500. The van der Waals surface area contributed by atoms with E-state index in [1.165, 1.54) is 12.1 Å². The molecule has 7 nitrogen and oxygen atoms in total. The van der Waals surface area contributed by atoms with Crippen molar-refractivity contribution in [3.05, 3.63) is 48.7 Å². The van der Waals surface area contributed by atoms with Gasteiger partial charge in [-0.1, -0.05) is 6.92 Å². The molecule has 34 heavy (non-hydrogen) atoms. The van der Waals surface area contributed by atoms with Crippen LogP contribution in [0.25, 0.3) is 10.9 Å². The molecule has 2 aromatic heterocycles. The Labute approximate surface area is 197 Å². The maximum atomic E-state index is 13.7. The average molecular weight is 465 g/mol. The second-order valence-corrected chi connectivity index (χ2v) is 9.92. The molecule has 5 atom stereocenters.